The van der Waals surface area contributed by atoms with Gasteiger partial charge in [-0.15, -0.1) is 0 Å². The normalized spacial score (nSPS) is 11.2. The molecule has 2 nitrogen and oxygen atoms in total. The summed E-state index contributed by atoms with van der Waals surface area (Å²) in [6, 6.07) is 19.9. The average Bonchev–Trinajstić information content (AvgIpc) is 2.49. The Morgan fingerprint density at radius 1 is 1.00 bits per heavy atom. The number of hydrogen-bond donors (Lipinski definition) is 0. The summed E-state index contributed by atoms with van der Waals surface area (Å²) in [6.07, 6.45) is 0. The number of halogens is 2. The molecule has 0 saturated heterocycles. The quantitative estimate of drug-likeness (QED) is 0.526. The van der Waals surface area contributed by atoms with Crippen LogP contribution >= 0.6 is 17.2 Å². The molecule has 0 bridgehead atoms. The van der Waals surface area contributed by atoms with Crippen LogP contribution in [-0.4, -0.2) is 29.2 Å². The van der Waals surface area contributed by atoms with Crippen LogP contribution in [0.4, 0.5) is 11.4 Å². The van der Waals surface area contributed by atoms with Crippen molar-refractivity contribution in [1.29, 1.82) is 0 Å². The van der Waals surface area contributed by atoms with Crippen molar-refractivity contribution in [2.75, 3.05) is 11.4 Å². The van der Waals surface area contributed by atoms with Gasteiger partial charge in [-0.25, -0.2) is 0 Å². The molecule has 102 valence electrons. The van der Waals surface area contributed by atoms with Gasteiger partial charge in [-0.3, -0.25) is 0 Å². The number of para-hydroxylation sites is 2. The second-order valence-corrected chi connectivity index (χ2v) is 14.7. The number of hydrogen-bond acceptors (Lipinski definition) is 1. The first-order valence-electron chi connectivity index (χ1n) is 6.46. The fourth-order valence-corrected chi connectivity index (χ4v) is 6.50. The van der Waals surface area contributed by atoms with E-state index in [4.69, 9.17) is 17.2 Å². The summed E-state index contributed by atoms with van der Waals surface area (Å²) in [5.74, 6) is 0. The van der Waals surface area contributed by atoms with Crippen molar-refractivity contribution >= 4 is 51.2 Å². The summed E-state index contributed by atoms with van der Waals surface area (Å²) in [5, 5.41) is 0. The molecule has 0 radical (unpaired) electrons. The zero-order chi connectivity index (χ0) is 14.4. The van der Waals surface area contributed by atoms with Crippen molar-refractivity contribution < 1.29 is 0 Å². The van der Waals surface area contributed by atoms with E-state index in [9.17, 15) is 0 Å². The molecule has 0 aliphatic carbocycles. The van der Waals surface area contributed by atoms with E-state index >= 15 is 0 Å². The van der Waals surface area contributed by atoms with E-state index in [2.05, 4.69) is 16.8 Å². The number of anilines is 1. The number of benzene rings is 2. The first-order chi connectivity index (χ1) is 9.72. The summed E-state index contributed by atoms with van der Waals surface area (Å²) in [5.41, 5.74) is 1.97. The monoisotopic (exact) mass is 408 g/mol. The summed E-state index contributed by atoms with van der Waals surface area (Å²) in [4.78, 5) is 6.78. The van der Waals surface area contributed by atoms with Crippen LogP contribution in [0, 0.1) is 0 Å². The third-order valence-electron chi connectivity index (χ3n) is 2.86. The molecule has 0 atom stereocenters. The molecular weight excluding hydrogens is 394 g/mol. The maximum atomic E-state index is 6.32. The molecule has 20 heavy (non-hydrogen) atoms. The fourth-order valence-electron chi connectivity index (χ4n) is 1.95. The van der Waals surface area contributed by atoms with Crippen LogP contribution in [0.3, 0.4) is 0 Å². The van der Waals surface area contributed by atoms with Gasteiger partial charge in [0.25, 0.3) is 0 Å². The van der Waals surface area contributed by atoms with Crippen molar-refractivity contribution in [2.24, 2.45) is 4.99 Å². The molecular formula is C15H15Cl2InN2. The summed E-state index contributed by atoms with van der Waals surface area (Å²) >= 11 is -2.79. The van der Waals surface area contributed by atoms with E-state index in [1.54, 1.807) is 0 Å². The molecule has 0 aliphatic heterocycles. The molecule has 5 heteroatoms. The minimum atomic E-state index is -2.79. The number of aliphatic imine (C=N–C) groups is 1. The first-order valence-corrected chi connectivity index (χ1v) is 16.5. The van der Waals surface area contributed by atoms with Gasteiger partial charge in [0.15, 0.2) is 0 Å². The van der Waals surface area contributed by atoms with Crippen LogP contribution in [-0.2, 0) is 0 Å². The summed E-state index contributed by atoms with van der Waals surface area (Å²) in [7, 11) is 12.6. The van der Waals surface area contributed by atoms with Crippen LogP contribution < -0.4 is 4.90 Å². The summed E-state index contributed by atoms with van der Waals surface area (Å²) in [6.45, 7) is 2.87. The van der Waals surface area contributed by atoms with Gasteiger partial charge in [0.1, 0.15) is 0 Å². The Kier molecular flexibility index (Phi) is 6.27. The SMILES string of the molecule is CCN([C](=Nc1ccccc1)[In]([Cl])[Cl])c1ccccc1. The van der Waals surface area contributed by atoms with Gasteiger partial charge in [0.05, 0.1) is 0 Å². The Bertz CT molecular complexity index is 559. The average molecular weight is 409 g/mol. The molecule has 0 spiro atoms. The molecule has 0 saturated carbocycles. The maximum absolute atomic E-state index is 6.32. The van der Waals surface area contributed by atoms with Crippen LogP contribution in [0.15, 0.2) is 65.7 Å². The topological polar surface area (TPSA) is 15.6 Å². The Balaban J connectivity index is 2.39. The number of amidine groups is 1. The third-order valence-corrected chi connectivity index (χ3v) is 7.85. The van der Waals surface area contributed by atoms with E-state index in [1.807, 2.05) is 60.7 Å². The fraction of sp³-hybridized carbons (Fsp3) is 0.133. The molecule has 2 aromatic rings. The summed E-state index contributed by atoms with van der Waals surface area (Å²) < 4.78 is 0.843. The van der Waals surface area contributed by atoms with Crippen molar-refractivity contribution in [3.05, 3.63) is 60.7 Å². The molecule has 0 heterocycles. The molecule has 0 aliphatic rings. The molecule has 0 unspecified atom stereocenters. The van der Waals surface area contributed by atoms with Gasteiger partial charge in [-0.1, -0.05) is 0 Å². The molecule has 0 fully saturated rings. The van der Waals surface area contributed by atoms with Gasteiger partial charge in [-0.2, -0.15) is 0 Å². The van der Waals surface area contributed by atoms with Gasteiger partial charge < -0.3 is 0 Å². The predicted molar refractivity (Wildman–Crippen MR) is 90.5 cm³/mol. The van der Waals surface area contributed by atoms with Crippen molar-refractivity contribution in [3.8, 4) is 0 Å². The van der Waals surface area contributed by atoms with Gasteiger partial charge in [-0.05, 0) is 0 Å². The van der Waals surface area contributed by atoms with Crippen LogP contribution in [0.5, 0.6) is 0 Å². The third kappa shape index (κ3) is 4.18. The number of nitrogens with zero attached hydrogens (tertiary/aromatic N) is 2. The van der Waals surface area contributed by atoms with Crippen LogP contribution in [0.1, 0.15) is 6.92 Å². The second kappa shape index (κ2) is 7.96. The minimum absolute atomic E-state index is 0.794. The van der Waals surface area contributed by atoms with Gasteiger partial charge in [0, 0.05) is 0 Å². The number of rotatable bonds is 4. The molecule has 2 rings (SSSR count). The van der Waals surface area contributed by atoms with Crippen LogP contribution in [0.2, 0.25) is 0 Å². The van der Waals surface area contributed by atoms with Crippen molar-refractivity contribution in [1.82, 2.24) is 0 Å². The Hall–Kier alpha value is -0.640. The van der Waals surface area contributed by atoms with Crippen LogP contribution in [0.25, 0.3) is 0 Å². The molecule has 0 aromatic heterocycles. The molecule has 2 aromatic carbocycles. The van der Waals surface area contributed by atoms with Crippen molar-refractivity contribution in [3.63, 3.8) is 0 Å². The van der Waals surface area contributed by atoms with E-state index in [0.29, 0.717) is 0 Å². The second-order valence-electron chi connectivity index (χ2n) is 4.19. The van der Waals surface area contributed by atoms with Gasteiger partial charge in [0.2, 0.25) is 0 Å². The Morgan fingerprint density at radius 2 is 1.55 bits per heavy atom. The Labute approximate surface area is 134 Å². The van der Waals surface area contributed by atoms with E-state index in [-0.39, 0.29) is 0 Å². The standard InChI is InChI=1S/C15H15N2.2ClH.In/c1-2-17(15-11-7-4-8-12-15)13-16-14-9-5-3-6-10-14;;;/h3-12H,2H2,1H3;2*1H;/q;;;+2/p-2. The molecule has 0 amide bonds. The molecule has 0 N–H and O–H groups in total. The van der Waals surface area contributed by atoms with E-state index < -0.39 is 19.1 Å². The first kappa shape index (κ1) is 15.7. The van der Waals surface area contributed by atoms with Gasteiger partial charge >= 0.3 is 135 Å². The predicted octanol–water partition coefficient (Wildman–Crippen LogP) is 4.75. The van der Waals surface area contributed by atoms with Crippen molar-refractivity contribution in [2.45, 2.75) is 6.92 Å². The van der Waals surface area contributed by atoms with E-state index in [0.717, 1.165) is 21.5 Å². The van der Waals surface area contributed by atoms with E-state index in [1.165, 1.54) is 0 Å². The zero-order valence-corrected chi connectivity index (χ0v) is 16.0. The Morgan fingerprint density at radius 3 is 2.05 bits per heavy atom. The zero-order valence-electron chi connectivity index (χ0n) is 11.2.